The molecule has 0 saturated carbocycles. The van der Waals surface area contributed by atoms with Crippen molar-refractivity contribution in [2.45, 2.75) is 13.5 Å². The van der Waals surface area contributed by atoms with E-state index in [2.05, 4.69) is 15.6 Å². The first-order valence-electron chi connectivity index (χ1n) is 9.07. The average molecular weight is 393 g/mol. The summed E-state index contributed by atoms with van der Waals surface area (Å²) in [4.78, 5) is 28.8. The maximum absolute atomic E-state index is 13.7. The maximum atomic E-state index is 13.7. The zero-order valence-corrected chi connectivity index (χ0v) is 15.8. The van der Waals surface area contributed by atoms with Crippen LogP contribution >= 0.6 is 0 Å². The first-order valence-corrected chi connectivity index (χ1v) is 9.07. The number of amides is 2. The SMILES string of the molecule is CCOc1ccc(NC(=O)c2cncc(C(=O)NCc3ccccc3F)c2)cc1. The molecular formula is C22H20FN3O3. The molecular weight excluding hydrogens is 373 g/mol. The van der Waals surface area contributed by atoms with Gasteiger partial charge in [-0.2, -0.15) is 0 Å². The number of rotatable bonds is 7. The Hall–Kier alpha value is -3.74. The fourth-order valence-electron chi connectivity index (χ4n) is 2.61. The molecule has 3 aromatic rings. The van der Waals surface area contributed by atoms with Crippen LogP contribution in [0.15, 0.2) is 67.0 Å². The van der Waals surface area contributed by atoms with Gasteiger partial charge in [0.25, 0.3) is 11.8 Å². The Morgan fingerprint density at radius 2 is 1.69 bits per heavy atom. The average Bonchev–Trinajstić information content (AvgIpc) is 2.74. The van der Waals surface area contributed by atoms with E-state index in [0.29, 0.717) is 23.6 Å². The molecule has 0 saturated heterocycles. The molecule has 0 radical (unpaired) electrons. The van der Waals surface area contributed by atoms with E-state index in [0.717, 1.165) is 0 Å². The molecule has 2 N–H and O–H groups in total. The lowest BCUT2D eigenvalue weighted by molar-refractivity contribution is 0.0950. The summed E-state index contributed by atoms with van der Waals surface area (Å²) >= 11 is 0. The van der Waals surface area contributed by atoms with Gasteiger partial charge in [-0.05, 0) is 43.3 Å². The van der Waals surface area contributed by atoms with Crippen LogP contribution in [0.4, 0.5) is 10.1 Å². The summed E-state index contributed by atoms with van der Waals surface area (Å²) in [6.07, 6.45) is 2.72. The van der Waals surface area contributed by atoms with Crippen molar-refractivity contribution in [3.05, 3.63) is 89.5 Å². The monoisotopic (exact) mass is 393 g/mol. The largest absolute Gasteiger partial charge is 0.494 e. The lowest BCUT2D eigenvalue weighted by Crippen LogP contribution is -2.24. The van der Waals surface area contributed by atoms with Crippen molar-refractivity contribution >= 4 is 17.5 Å². The number of carbonyl (C=O) groups excluding carboxylic acids is 2. The predicted octanol–water partition coefficient (Wildman–Crippen LogP) is 3.80. The number of anilines is 1. The molecule has 0 aliphatic carbocycles. The van der Waals surface area contributed by atoms with Crippen LogP contribution in [0.25, 0.3) is 0 Å². The molecule has 148 valence electrons. The van der Waals surface area contributed by atoms with Gasteiger partial charge < -0.3 is 15.4 Å². The summed E-state index contributed by atoms with van der Waals surface area (Å²) < 4.78 is 19.0. The quantitative estimate of drug-likeness (QED) is 0.640. The molecule has 1 aromatic heterocycles. The van der Waals surface area contributed by atoms with Crippen molar-refractivity contribution in [2.24, 2.45) is 0 Å². The Morgan fingerprint density at radius 3 is 2.38 bits per heavy atom. The Balaban J connectivity index is 1.64. The molecule has 29 heavy (non-hydrogen) atoms. The fraction of sp³-hybridized carbons (Fsp3) is 0.136. The van der Waals surface area contributed by atoms with E-state index in [1.807, 2.05) is 6.92 Å². The molecule has 2 aromatic carbocycles. The van der Waals surface area contributed by atoms with Crippen LogP contribution in [-0.4, -0.2) is 23.4 Å². The first-order chi connectivity index (χ1) is 14.1. The Bertz CT molecular complexity index is 1010. The van der Waals surface area contributed by atoms with Gasteiger partial charge in [-0.15, -0.1) is 0 Å². The van der Waals surface area contributed by atoms with E-state index >= 15 is 0 Å². The van der Waals surface area contributed by atoms with Gasteiger partial charge >= 0.3 is 0 Å². The smallest absolute Gasteiger partial charge is 0.257 e. The minimum atomic E-state index is -0.448. The van der Waals surface area contributed by atoms with Crippen LogP contribution in [0.3, 0.4) is 0 Å². The highest BCUT2D eigenvalue weighted by molar-refractivity contribution is 6.05. The van der Waals surface area contributed by atoms with E-state index in [1.54, 1.807) is 42.5 Å². The lowest BCUT2D eigenvalue weighted by atomic mass is 10.1. The van der Waals surface area contributed by atoms with E-state index in [9.17, 15) is 14.0 Å². The Kier molecular flexibility index (Phi) is 6.52. The van der Waals surface area contributed by atoms with E-state index in [-0.39, 0.29) is 17.7 Å². The third-order valence-electron chi connectivity index (χ3n) is 4.08. The van der Waals surface area contributed by atoms with Crippen LogP contribution in [0.5, 0.6) is 5.75 Å². The number of pyridine rings is 1. The van der Waals surface area contributed by atoms with E-state index in [4.69, 9.17) is 4.74 Å². The fourth-order valence-corrected chi connectivity index (χ4v) is 2.61. The highest BCUT2D eigenvalue weighted by atomic mass is 19.1. The third kappa shape index (κ3) is 5.38. The van der Waals surface area contributed by atoms with Crippen molar-refractivity contribution in [2.75, 3.05) is 11.9 Å². The Labute approximate surface area is 167 Å². The van der Waals surface area contributed by atoms with Gasteiger partial charge in [0.15, 0.2) is 0 Å². The number of halogens is 1. The van der Waals surface area contributed by atoms with Gasteiger partial charge in [0.05, 0.1) is 17.7 Å². The summed E-state index contributed by atoms with van der Waals surface area (Å²) in [5.41, 5.74) is 1.41. The molecule has 2 amide bonds. The van der Waals surface area contributed by atoms with Crippen molar-refractivity contribution in [1.29, 1.82) is 0 Å². The minimum absolute atomic E-state index is 0.0358. The van der Waals surface area contributed by atoms with Gasteiger partial charge in [-0.1, -0.05) is 18.2 Å². The summed E-state index contributed by atoms with van der Waals surface area (Å²) in [5, 5.41) is 5.37. The van der Waals surface area contributed by atoms with Crippen LogP contribution in [0, 0.1) is 5.82 Å². The molecule has 7 heteroatoms. The molecule has 0 atom stereocenters. The highest BCUT2D eigenvalue weighted by Crippen LogP contribution is 2.16. The number of hydrogen-bond acceptors (Lipinski definition) is 4. The zero-order chi connectivity index (χ0) is 20.6. The molecule has 6 nitrogen and oxygen atoms in total. The number of nitrogens with zero attached hydrogens (tertiary/aromatic N) is 1. The normalized spacial score (nSPS) is 10.3. The summed E-state index contributed by atoms with van der Waals surface area (Å²) in [6.45, 7) is 2.49. The second kappa shape index (κ2) is 9.45. The topological polar surface area (TPSA) is 80.3 Å². The molecule has 0 fully saturated rings. The predicted molar refractivity (Wildman–Crippen MR) is 107 cm³/mol. The van der Waals surface area contributed by atoms with Crippen LogP contribution in [0.1, 0.15) is 33.2 Å². The number of benzene rings is 2. The summed E-state index contributed by atoms with van der Waals surface area (Å²) in [7, 11) is 0. The van der Waals surface area contributed by atoms with E-state index in [1.165, 1.54) is 24.5 Å². The van der Waals surface area contributed by atoms with Crippen LogP contribution in [-0.2, 0) is 6.54 Å². The second-order valence-electron chi connectivity index (χ2n) is 6.15. The van der Waals surface area contributed by atoms with Gasteiger partial charge in [-0.3, -0.25) is 14.6 Å². The molecule has 3 rings (SSSR count). The summed E-state index contributed by atoms with van der Waals surface area (Å²) in [5.74, 6) is -0.531. The highest BCUT2D eigenvalue weighted by Gasteiger charge is 2.12. The summed E-state index contributed by atoms with van der Waals surface area (Å²) in [6, 6.07) is 14.6. The van der Waals surface area contributed by atoms with E-state index < -0.39 is 17.6 Å². The van der Waals surface area contributed by atoms with Crippen LogP contribution < -0.4 is 15.4 Å². The standard InChI is InChI=1S/C22H20FN3O3/c1-2-29-19-9-7-18(8-10-19)26-22(28)17-11-16(12-24-13-17)21(27)25-14-15-5-3-4-6-20(15)23/h3-13H,2,14H2,1H3,(H,25,27)(H,26,28). The number of ether oxygens (including phenoxy) is 1. The molecule has 1 heterocycles. The van der Waals surface area contributed by atoms with Gasteiger partial charge in [0.1, 0.15) is 11.6 Å². The molecule has 0 spiro atoms. The van der Waals surface area contributed by atoms with Crippen molar-refractivity contribution in [3.8, 4) is 5.75 Å². The van der Waals surface area contributed by atoms with Gasteiger partial charge in [-0.25, -0.2) is 4.39 Å². The van der Waals surface area contributed by atoms with Gasteiger partial charge in [0.2, 0.25) is 0 Å². The lowest BCUT2D eigenvalue weighted by Gasteiger charge is -2.09. The van der Waals surface area contributed by atoms with Crippen LogP contribution in [0.2, 0.25) is 0 Å². The third-order valence-corrected chi connectivity index (χ3v) is 4.08. The maximum Gasteiger partial charge on any atom is 0.257 e. The zero-order valence-electron chi connectivity index (χ0n) is 15.8. The molecule has 0 aliphatic rings. The van der Waals surface area contributed by atoms with Crippen molar-refractivity contribution in [3.63, 3.8) is 0 Å². The number of aromatic nitrogens is 1. The number of carbonyl (C=O) groups is 2. The van der Waals surface area contributed by atoms with Crippen molar-refractivity contribution in [1.82, 2.24) is 10.3 Å². The van der Waals surface area contributed by atoms with Gasteiger partial charge in [0, 0.05) is 30.2 Å². The second-order valence-corrected chi connectivity index (χ2v) is 6.15. The number of hydrogen-bond donors (Lipinski definition) is 2. The molecule has 0 aliphatic heterocycles. The number of nitrogens with one attached hydrogen (secondary N) is 2. The minimum Gasteiger partial charge on any atom is -0.494 e. The Morgan fingerprint density at radius 1 is 1.00 bits per heavy atom. The van der Waals surface area contributed by atoms with Crippen molar-refractivity contribution < 1.29 is 18.7 Å². The first kappa shape index (κ1) is 20.0. The molecule has 0 unspecified atom stereocenters. The molecule has 0 bridgehead atoms.